The van der Waals surface area contributed by atoms with Crippen LogP contribution >= 0.6 is 0 Å². The molecule has 19 heavy (non-hydrogen) atoms. The molecule has 0 fully saturated rings. The molecule has 0 aliphatic carbocycles. The molecule has 0 aromatic heterocycles. The van der Waals surface area contributed by atoms with Gasteiger partial charge < -0.3 is 0 Å². The van der Waals surface area contributed by atoms with Crippen LogP contribution in [0.2, 0.25) is 0 Å². The molecule has 0 spiro atoms. The van der Waals surface area contributed by atoms with Crippen molar-refractivity contribution in [1.29, 1.82) is 0 Å². The van der Waals surface area contributed by atoms with E-state index < -0.39 is 0 Å². The van der Waals surface area contributed by atoms with Crippen molar-refractivity contribution in [1.82, 2.24) is 0 Å². The third kappa shape index (κ3) is 4.25. The van der Waals surface area contributed by atoms with Gasteiger partial charge in [-0.25, -0.2) is 0 Å². The average Bonchev–Trinajstić information content (AvgIpc) is 2.49. The van der Waals surface area contributed by atoms with E-state index >= 15 is 0 Å². The minimum absolute atomic E-state index is 0.948. The van der Waals surface area contributed by atoms with Crippen molar-refractivity contribution in [2.24, 2.45) is 5.10 Å². The van der Waals surface area contributed by atoms with E-state index in [0.717, 1.165) is 24.2 Å². The maximum absolute atomic E-state index is 4.61. The molecule has 0 bridgehead atoms. The van der Waals surface area contributed by atoms with Crippen molar-refractivity contribution in [3.05, 3.63) is 66.2 Å². The van der Waals surface area contributed by atoms with E-state index in [-0.39, 0.29) is 0 Å². The zero-order valence-corrected chi connectivity index (χ0v) is 11.4. The second-order valence-corrected chi connectivity index (χ2v) is 4.47. The molecule has 98 valence electrons. The summed E-state index contributed by atoms with van der Waals surface area (Å²) >= 11 is 0. The third-order valence-electron chi connectivity index (χ3n) is 2.92. The first kappa shape index (κ1) is 13.3. The molecule has 2 aromatic rings. The molecule has 0 aliphatic rings. The molecule has 0 N–H and O–H groups in total. The summed E-state index contributed by atoms with van der Waals surface area (Å²) in [6.45, 7) is 3.15. The Morgan fingerprint density at radius 3 is 2.21 bits per heavy atom. The number of rotatable bonds is 6. The third-order valence-corrected chi connectivity index (χ3v) is 2.92. The van der Waals surface area contributed by atoms with Crippen LogP contribution in [-0.4, -0.2) is 12.8 Å². The molecule has 0 radical (unpaired) electrons. The number of nitrogens with zero attached hydrogens (tertiary/aromatic N) is 2. The van der Waals surface area contributed by atoms with Gasteiger partial charge in [-0.3, -0.25) is 5.01 Å². The number of unbranched alkanes of at least 4 members (excludes halogenated alkanes) is 1. The Labute approximate surface area is 115 Å². The summed E-state index contributed by atoms with van der Waals surface area (Å²) in [6.07, 6.45) is 4.23. The van der Waals surface area contributed by atoms with Crippen LogP contribution in [0.5, 0.6) is 0 Å². The Morgan fingerprint density at radius 1 is 0.947 bits per heavy atom. The summed E-state index contributed by atoms with van der Waals surface area (Å²) in [5, 5.41) is 6.68. The molecule has 0 saturated heterocycles. The average molecular weight is 252 g/mol. The first-order valence-corrected chi connectivity index (χ1v) is 6.82. The molecule has 0 atom stereocenters. The smallest absolute Gasteiger partial charge is 0.0593 e. The number of benzene rings is 2. The lowest BCUT2D eigenvalue weighted by Crippen LogP contribution is -2.17. The SMILES string of the molecule is CCCCN(/N=C/c1ccccc1)c1ccccc1. The van der Waals surface area contributed by atoms with Crippen LogP contribution in [0.25, 0.3) is 0 Å². The molecule has 0 saturated carbocycles. The molecule has 2 heteroatoms. The minimum Gasteiger partial charge on any atom is -0.266 e. The highest BCUT2D eigenvalue weighted by atomic mass is 15.4. The van der Waals surface area contributed by atoms with E-state index in [1.807, 2.05) is 42.6 Å². The van der Waals surface area contributed by atoms with Gasteiger partial charge in [-0.05, 0) is 24.1 Å². The number of hydrogen-bond acceptors (Lipinski definition) is 2. The first-order chi connectivity index (χ1) is 9.40. The van der Waals surface area contributed by atoms with Gasteiger partial charge in [-0.2, -0.15) is 5.10 Å². The fraction of sp³-hybridized carbons (Fsp3) is 0.235. The predicted octanol–water partition coefficient (Wildman–Crippen LogP) is 4.33. The lowest BCUT2D eigenvalue weighted by Gasteiger charge is -2.18. The topological polar surface area (TPSA) is 15.6 Å². The highest BCUT2D eigenvalue weighted by Crippen LogP contribution is 2.14. The van der Waals surface area contributed by atoms with Crippen LogP contribution in [0.4, 0.5) is 5.69 Å². The highest BCUT2D eigenvalue weighted by Gasteiger charge is 2.02. The van der Waals surface area contributed by atoms with Gasteiger partial charge in [-0.1, -0.05) is 61.9 Å². The summed E-state index contributed by atoms with van der Waals surface area (Å²) in [6, 6.07) is 20.5. The van der Waals surface area contributed by atoms with Crippen LogP contribution in [0.3, 0.4) is 0 Å². The lowest BCUT2D eigenvalue weighted by molar-refractivity contribution is 0.741. The molecule has 2 rings (SSSR count). The number of para-hydroxylation sites is 1. The summed E-state index contributed by atoms with van der Waals surface area (Å²) in [5.41, 5.74) is 2.27. The Balaban J connectivity index is 2.12. The van der Waals surface area contributed by atoms with Gasteiger partial charge in [0.1, 0.15) is 0 Å². The Morgan fingerprint density at radius 2 is 1.58 bits per heavy atom. The van der Waals surface area contributed by atoms with E-state index in [1.165, 1.54) is 6.42 Å². The van der Waals surface area contributed by atoms with Crippen molar-refractivity contribution < 1.29 is 0 Å². The Bertz CT molecular complexity index is 491. The number of anilines is 1. The van der Waals surface area contributed by atoms with Gasteiger partial charge in [0.2, 0.25) is 0 Å². The fourth-order valence-electron chi connectivity index (χ4n) is 1.84. The quantitative estimate of drug-likeness (QED) is 0.552. The second-order valence-electron chi connectivity index (χ2n) is 4.47. The molecule has 0 aliphatic heterocycles. The van der Waals surface area contributed by atoms with Gasteiger partial charge in [0.05, 0.1) is 11.9 Å². The van der Waals surface area contributed by atoms with E-state index in [9.17, 15) is 0 Å². The Hall–Kier alpha value is -2.09. The predicted molar refractivity (Wildman–Crippen MR) is 82.7 cm³/mol. The van der Waals surface area contributed by atoms with E-state index in [2.05, 4.69) is 41.3 Å². The van der Waals surface area contributed by atoms with Gasteiger partial charge in [0.15, 0.2) is 0 Å². The van der Waals surface area contributed by atoms with Crippen molar-refractivity contribution in [2.45, 2.75) is 19.8 Å². The summed E-state index contributed by atoms with van der Waals surface area (Å²) in [7, 11) is 0. The van der Waals surface area contributed by atoms with Crippen molar-refractivity contribution in [3.8, 4) is 0 Å². The van der Waals surface area contributed by atoms with Crippen LogP contribution in [0.15, 0.2) is 65.8 Å². The highest BCUT2D eigenvalue weighted by molar-refractivity contribution is 5.80. The molecule has 0 heterocycles. The molecule has 0 amide bonds. The molecular weight excluding hydrogens is 232 g/mol. The number of hydrazone groups is 1. The first-order valence-electron chi connectivity index (χ1n) is 6.82. The Kier molecular flexibility index (Phi) is 5.17. The van der Waals surface area contributed by atoms with Crippen LogP contribution in [0, 0.1) is 0 Å². The van der Waals surface area contributed by atoms with Crippen LogP contribution in [-0.2, 0) is 0 Å². The van der Waals surface area contributed by atoms with Gasteiger partial charge in [0, 0.05) is 6.54 Å². The minimum atomic E-state index is 0.948. The number of hydrogen-bond donors (Lipinski definition) is 0. The zero-order chi connectivity index (χ0) is 13.3. The monoisotopic (exact) mass is 252 g/mol. The normalized spacial score (nSPS) is 10.8. The second kappa shape index (κ2) is 7.37. The summed E-state index contributed by atoms with van der Waals surface area (Å²) in [4.78, 5) is 0. The van der Waals surface area contributed by atoms with Crippen LogP contribution in [0.1, 0.15) is 25.3 Å². The molecular formula is C17H20N2. The fourth-order valence-corrected chi connectivity index (χ4v) is 1.84. The van der Waals surface area contributed by atoms with E-state index in [0.29, 0.717) is 0 Å². The van der Waals surface area contributed by atoms with Crippen LogP contribution < -0.4 is 5.01 Å². The van der Waals surface area contributed by atoms with Crippen molar-refractivity contribution >= 4 is 11.9 Å². The maximum Gasteiger partial charge on any atom is 0.0593 e. The summed E-state index contributed by atoms with van der Waals surface area (Å²) in [5.74, 6) is 0. The zero-order valence-electron chi connectivity index (χ0n) is 11.4. The molecule has 2 nitrogen and oxygen atoms in total. The maximum atomic E-state index is 4.61. The van der Waals surface area contributed by atoms with E-state index in [4.69, 9.17) is 0 Å². The molecule has 2 aromatic carbocycles. The van der Waals surface area contributed by atoms with Gasteiger partial charge >= 0.3 is 0 Å². The standard InChI is InChI=1S/C17H20N2/c1-2-3-14-19(17-12-8-5-9-13-17)18-15-16-10-6-4-7-11-16/h4-13,15H,2-3,14H2,1H3/b18-15+. The lowest BCUT2D eigenvalue weighted by atomic mass is 10.2. The van der Waals surface area contributed by atoms with E-state index in [1.54, 1.807) is 0 Å². The van der Waals surface area contributed by atoms with Gasteiger partial charge in [-0.15, -0.1) is 0 Å². The summed E-state index contributed by atoms with van der Waals surface area (Å²) < 4.78 is 0. The van der Waals surface area contributed by atoms with Gasteiger partial charge in [0.25, 0.3) is 0 Å². The molecule has 0 unspecified atom stereocenters. The van der Waals surface area contributed by atoms with Crippen molar-refractivity contribution in [3.63, 3.8) is 0 Å². The van der Waals surface area contributed by atoms with Crippen molar-refractivity contribution in [2.75, 3.05) is 11.6 Å². The largest absolute Gasteiger partial charge is 0.266 e.